The van der Waals surface area contributed by atoms with Crippen LogP contribution in [0.4, 0.5) is 22.7 Å². The summed E-state index contributed by atoms with van der Waals surface area (Å²) in [6, 6.07) is 11.6. The molecule has 2 aromatic carbocycles. The lowest BCUT2D eigenvalue weighted by Gasteiger charge is -1.95. The third-order valence-corrected chi connectivity index (χ3v) is 2.42. The minimum absolute atomic E-state index is 0.0874. The van der Waals surface area contributed by atoms with E-state index in [0.29, 0.717) is 5.69 Å². The first kappa shape index (κ1) is 17.3. The fourth-order valence-electron chi connectivity index (χ4n) is 1.42. The number of para-hydroxylation sites is 1. The third kappa shape index (κ3) is 5.63. The summed E-state index contributed by atoms with van der Waals surface area (Å²) in [6.07, 6.45) is 0. The number of non-ortho nitro benzene ring substituents is 1. The Morgan fingerprint density at radius 3 is 1.96 bits per heavy atom. The maximum absolute atomic E-state index is 10.3. The van der Waals surface area contributed by atoms with Gasteiger partial charge in [-0.25, -0.2) is 10.1 Å². The van der Waals surface area contributed by atoms with Crippen LogP contribution in [-0.4, -0.2) is 14.9 Å². The van der Waals surface area contributed by atoms with E-state index in [0.717, 1.165) is 18.2 Å². The minimum atomic E-state index is -0.762. The van der Waals surface area contributed by atoms with Gasteiger partial charge in [-0.3, -0.25) is 20.2 Å². The number of rotatable bonds is 4. The highest BCUT2D eigenvalue weighted by Crippen LogP contribution is 2.25. The van der Waals surface area contributed by atoms with Gasteiger partial charge in [-0.15, -0.1) is 5.43 Å². The van der Waals surface area contributed by atoms with Crippen LogP contribution in [0, 0.1) is 30.3 Å². The summed E-state index contributed by atoms with van der Waals surface area (Å²) < 4.78 is 0. The summed E-state index contributed by atoms with van der Waals surface area (Å²) in [5, 5.41) is 29.8. The number of nitrogens with one attached hydrogen (secondary N) is 1. The maximum Gasteiger partial charge on any atom is 0.298 e. The molecule has 0 unspecified atom stereocenters. The van der Waals surface area contributed by atoms with Crippen molar-refractivity contribution in [3.8, 4) is 0 Å². The van der Waals surface area contributed by atoms with E-state index in [4.69, 9.17) is 5.73 Å². The molecule has 0 aliphatic rings. The van der Waals surface area contributed by atoms with E-state index >= 15 is 0 Å². The molecule has 0 fully saturated rings. The van der Waals surface area contributed by atoms with Crippen LogP contribution >= 0.6 is 0 Å². The fraction of sp³-hybridized carbons (Fsp3) is 0. The highest BCUT2D eigenvalue weighted by atomic mass is 16.7. The normalized spacial score (nSPS) is 9.22. The molecule has 0 saturated carbocycles. The minimum Gasteiger partial charge on any atom is -0.393 e. The molecule has 0 spiro atoms. The highest BCUT2D eigenvalue weighted by Gasteiger charge is 2.16. The summed E-state index contributed by atoms with van der Waals surface area (Å²) in [5.41, 5.74) is 6.86. The molecule has 0 heterocycles. The van der Waals surface area contributed by atoms with Gasteiger partial charge in [0, 0.05) is 6.07 Å². The first-order chi connectivity index (χ1) is 10.8. The van der Waals surface area contributed by atoms with Gasteiger partial charge in [0.2, 0.25) is 0 Å². The van der Waals surface area contributed by atoms with Gasteiger partial charge >= 0.3 is 0 Å². The van der Waals surface area contributed by atoms with E-state index < -0.39 is 20.6 Å². The van der Waals surface area contributed by atoms with Gasteiger partial charge in [0.15, 0.2) is 5.03 Å². The van der Waals surface area contributed by atoms with Crippen molar-refractivity contribution in [2.75, 3.05) is 11.2 Å². The van der Waals surface area contributed by atoms with Crippen molar-refractivity contribution in [3.63, 3.8) is 0 Å². The standard InChI is InChI=1S/C6H5N3O4.C6H6N2O2/c7-5-2-1-4(8(10)11)3-6(5)9(12)13;9-8(10)7-6-4-2-1-3-5-6/h1-3H,7H2;1-5,7H. The summed E-state index contributed by atoms with van der Waals surface area (Å²) in [5.74, 6) is 0. The molecule has 120 valence electrons. The van der Waals surface area contributed by atoms with Crippen LogP contribution in [0.15, 0.2) is 48.5 Å². The Bertz CT molecular complexity index is 721. The molecule has 0 saturated heterocycles. The van der Waals surface area contributed by atoms with Gasteiger partial charge in [0.25, 0.3) is 11.4 Å². The SMILES string of the molecule is Nc1ccc([N+](=O)[O-])cc1[N+](=O)[O-].O=[N+]([O-])Nc1ccccc1. The van der Waals surface area contributed by atoms with Crippen molar-refractivity contribution in [1.82, 2.24) is 0 Å². The second-order valence-electron chi connectivity index (χ2n) is 3.99. The van der Waals surface area contributed by atoms with Crippen LogP contribution < -0.4 is 11.2 Å². The molecular formula is C12H11N5O6. The fourth-order valence-corrected chi connectivity index (χ4v) is 1.42. The number of nitro benzene ring substituents is 2. The molecule has 0 aromatic heterocycles. The van der Waals surface area contributed by atoms with Gasteiger partial charge in [-0.1, -0.05) is 18.2 Å². The predicted octanol–water partition coefficient (Wildman–Crippen LogP) is 2.38. The molecular weight excluding hydrogens is 310 g/mol. The predicted molar refractivity (Wildman–Crippen MR) is 81.2 cm³/mol. The molecule has 2 rings (SSSR count). The first-order valence-electron chi connectivity index (χ1n) is 5.95. The van der Waals surface area contributed by atoms with Gasteiger partial charge in [0.1, 0.15) is 11.4 Å². The smallest absolute Gasteiger partial charge is 0.298 e. The Labute approximate surface area is 128 Å². The van der Waals surface area contributed by atoms with Gasteiger partial charge < -0.3 is 5.73 Å². The number of nitrogen functional groups attached to an aromatic ring is 1. The van der Waals surface area contributed by atoms with E-state index in [-0.39, 0.29) is 11.4 Å². The van der Waals surface area contributed by atoms with Crippen molar-refractivity contribution < 1.29 is 14.9 Å². The molecule has 0 bridgehead atoms. The molecule has 11 nitrogen and oxygen atoms in total. The average molecular weight is 321 g/mol. The zero-order valence-corrected chi connectivity index (χ0v) is 11.5. The molecule has 2 aromatic rings. The Kier molecular flexibility index (Phi) is 5.92. The van der Waals surface area contributed by atoms with Crippen LogP contribution in [0.2, 0.25) is 0 Å². The van der Waals surface area contributed by atoms with Crippen LogP contribution in [0.1, 0.15) is 0 Å². The number of nitrogens with zero attached hydrogens (tertiary/aromatic N) is 3. The average Bonchev–Trinajstić information content (AvgIpc) is 2.48. The van der Waals surface area contributed by atoms with Crippen molar-refractivity contribution in [2.24, 2.45) is 0 Å². The number of anilines is 2. The Morgan fingerprint density at radius 2 is 1.48 bits per heavy atom. The molecule has 23 heavy (non-hydrogen) atoms. The monoisotopic (exact) mass is 321 g/mol. The van der Waals surface area contributed by atoms with E-state index in [9.17, 15) is 30.3 Å². The first-order valence-corrected chi connectivity index (χ1v) is 5.95. The van der Waals surface area contributed by atoms with E-state index in [2.05, 4.69) is 0 Å². The van der Waals surface area contributed by atoms with Crippen LogP contribution in [0.5, 0.6) is 0 Å². The largest absolute Gasteiger partial charge is 0.393 e. The lowest BCUT2D eigenvalue weighted by molar-refractivity contribution is -0.445. The third-order valence-electron chi connectivity index (χ3n) is 2.42. The second-order valence-corrected chi connectivity index (χ2v) is 3.99. The number of benzene rings is 2. The molecule has 0 amide bonds. The quantitative estimate of drug-likeness (QED) is 0.491. The van der Waals surface area contributed by atoms with Gasteiger partial charge in [0.05, 0.1) is 15.9 Å². The van der Waals surface area contributed by atoms with E-state index in [1.165, 1.54) is 0 Å². The van der Waals surface area contributed by atoms with Crippen molar-refractivity contribution >= 4 is 22.7 Å². The Hall–Kier alpha value is -3.76. The van der Waals surface area contributed by atoms with Crippen molar-refractivity contribution in [3.05, 3.63) is 78.9 Å². The number of nitro groups is 3. The van der Waals surface area contributed by atoms with Crippen molar-refractivity contribution in [2.45, 2.75) is 0 Å². The molecule has 11 heteroatoms. The topological polar surface area (TPSA) is 167 Å². The highest BCUT2D eigenvalue weighted by molar-refractivity contribution is 5.62. The van der Waals surface area contributed by atoms with Gasteiger partial charge in [-0.2, -0.15) is 0 Å². The molecule has 0 aliphatic carbocycles. The molecule has 0 radical (unpaired) electrons. The number of nitrogens with two attached hydrogens (primary N) is 1. The van der Waals surface area contributed by atoms with Crippen LogP contribution in [0.3, 0.4) is 0 Å². The summed E-state index contributed by atoms with van der Waals surface area (Å²) in [6.45, 7) is 0. The Morgan fingerprint density at radius 1 is 0.870 bits per heavy atom. The van der Waals surface area contributed by atoms with E-state index in [1.54, 1.807) is 30.3 Å². The Balaban J connectivity index is 0.000000238. The number of hydrogen-bond acceptors (Lipinski definition) is 7. The summed E-state index contributed by atoms with van der Waals surface area (Å²) >= 11 is 0. The zero-order chi connectivity index (χ0) is 17.4. The number of hydrogen-bond donors (Lipinski definition) is 2. The molecule has 0 aliphatic heterocycles. The van der Waals surface area contributed by atoms with Crippen LogP contribution in [-0.2, 0) is 0 Å². The van der Waals surface area contributed by atoms with E-state index in [1.807, 2.05) is 5.43 Å². The summed E-state index contributed by atoms with van der Waals surface area (Å²) in [7, 11) is 0. The molecule has 0 atom stereocenters. The number of hydrazine groups is 1. The lowest BCUT2D eigenvalue weighted by atomic mass is 10.2. The van der Waals surface area contributed by atoms with Crippen LogP contribution in [0.25, 0.3) is 0 Å². The van der Waals surface area contributed by atoms with Gasteiger partial charge in [-0.05, 0) is 18.2 Å². The summed E-state index contributed by atoms with van der Waals surface area (Å²) in [4.78, 5) is 28.9. The van der Waals surface area contributed by atoms with Crippen molar-refractivity contribution in [1.29, 1.82) is 0 Å². The second kappa shape index (κ2) is 7.87. The zero-order valence-electron chi connectivity index (χ0n) is 11.5. The lowest BCUT2D eigenvalue weighted by Crippen LogP contribution is -2.06. The molecule has 3 N–H and O–H groups in total. The maximum atomic E-state index is 10.3.